The van der Waals surface area contributed by atoms with Crippen molar-refractivity contribution < 1.29 is 18.0 Å². The van der Waals surface area contributed by atoms with Gasteiger partial charge in [0.15, 0.2) is 10.9 Å². The Balaban J connectivity index is 1.55. The highest BCUT2D eigenvalue weighted by Crippen LogP contribution is 2.42. The molecule has 3 aromatic rings. The van der Waals surface area contributed by atoms with Crippen molar-refractivity contribution in [3.63, 3.8) is 0 Å². The van der Waals surface area contributed by atoms with E-state index in [1.807, 2.05) is 0 Å². The van der Waals surface area contributed by atoms with Gasteiger partial charge in [0.2, 0.25) is 5.91 Å². The number of carbonyl (C=O) groups excluding carboxylic acids is 2. The van der Waals surface area contributed by atoms with Crippen LogP contribution < -0.4 is 9.62 Å². The number of sulfonamides is 1. The van der Waals surface area contributed by atoms with E-state index in [0.717, 1.165) is 16.1 Å². The highest BCUT2D eigenvalue weighted by atomic mass is 35.5. The number of fused-ring (bicyclic) bond motifs is 3. The van der Waals surface area contributed by atoms with Gasteiger partial charge in [-0.1, -0.05) is 35.5 Å². The lowest BCUT2D eigenvalue weighted by Gasteiger charge is -2.28. The molecule has 0 saturated heterocycles. The summed E-state index contributed by atoms with van der Waals surface area (Å²) in [4.78, 5) is 32.4. The van der Waals surface area contributed by atoms with E-state index in [2.05, 4.69) is 15.3 Å². The summed E-state index contributed by atoms with van der Waals surface area (Å²) in [5.41, 5.74) is 2.30. The number of halogens is 1. The third-order valence-corrected chi connectivity index (χ3v) is 7.68. The summed E-state index contributed by atoms with van der Waals surface area (Å²) in [6.45, 7) is 1.45. The number of aromatic nitrogens is 2. The van der Waals surface area contributed by atoms with E-state index in [-0.39, 0.29) is 33.2 Å². The van der Waals surface area contributed by atoms with Crippen molar-refractivity contribution in [2.75, 3.05) is 22.4 Å². The average molecular weight is 489 g/mol. The van der Waals surface area contributed by atoms with Crippen molar-refractivity contribution in [3.05, 3.63) is 59.2 Å². The number of benzene rings is 2. The summed E-state index contributed by atoms with van der Waals surface area (Å²) in [5, 5.41) is 3.39. The Kier molecular flexibility index (Phi) is 5.93. The molecule has 0 unspecified atom stereocenters. The molecule has 4 rings (SSSR count). The van der Waals surface area contributed by atoms with Gasteiger partial charge >= 0.3 is 0 Å². The Labute approximate surface area is 194 Å². The molecule has 11 heteroatoms. The fraction of sp³-hybridized carbons (Fsp3) is 0.143. The summed E-state index contributed by atoms with van der Waals surface area (Å²) in [6.07, 6.45) is 1.25. The molecule has 0 radical (unpaired) electrons. The van der Waals surface area contributed by atoms with Gasteiger partial charge in [0.05, 0.1) is 23.3 Å². The quantitative estimate of drug-likeness (QED) is 0.330. The van der Waals surface area contributed by atoms with Crippen molar-refractivity contribution in [3.8, 4) is 11.3 Å². The molecule has 0 saturated carbocycles. The number of thioether (sulfide) groups is 1. The van der Waals surface area contributed by atoms with Crippen LogP contribution in [0.3, 0.4) is 0 Å². The number of hydrogen-bond donors (Lipinski definition) is 1. The summed E-state index contributed by atoms with van der Waals surface area (Å²) in [6, 6.07) is 11.6. The molecular weight excluding hydrogens is 472 g/mol. The van der Waals surface area contributed by atoms with Gasteiger partial charge in [0, 0.05) is 28.9 Å². The molecule has 1 N–H and O–H groups in total. The SMILES string of the molecule is CC(=O)c1cccc(NC(=O)CSc2ncc3c(n2)-c2ccc(Cl)cc2N(C)S3(=O)=O)c1. The van der Waals surface area contributed by atoms with Crippen LogP contribution in [0.4, 0.5) is 11.4 Å². The van der Waals surface area contributed by atoms with Crippen molar-refractivity contribution >= 4 is 56.5 Å². The molecule has 164 valence electrons. The molecule has 0 fully saturated rings. The zero-order chi connectivity index (χ0) is 23.0. The monoisotopic (exact) mass is 488 g/mol. The molecule has 2 heterocycles. The Morgan fingerprint density at radius 3 is 2.72 bits per heavy atom. The molecule has 0 atom stereocenters. The van der Waals surface area contributed by atoms with Gasteiger partial charge in [-0.15, -0.1) is 0 Å². The summed E-state index contributed by atoms with van der Waals surface area (Å²) >= 11 is 7.12. The second-order valence-corrected chi connectivity index (χ2v) is 10.3. The van der Waals surface area contributed by atoms with Gasteiger partial charge in [0.1, 0.15) is 4.90 Å². The minimum Gasteiger partial charge on any atom is -0.325 e. The van der Waals surface area contributed by atoms with Crippen LogP contribution >= 0.6 is 23.4 Å². The maximum atomic E-state index is 12.8. The number of nitrogens with one attached hydrogen (secondary N) is 1. The fourth-order valence-electron chi connectivity index (χ4n) is 3.19. The number of nitrogens with zero attached hydrogens (tertiary/aromatic N) is 3. The minimum atomic E-state index is -3.82. The van der Waals surface area contributed by atoms with Gasteiger partial charge in [-0.25, -0.2) is 18.4 Å². The zero-order valence-electron chi connectivity index (χ0n) is 17.0. The van der Waals surface area contributed by atoms with Crippen molar-refractivity contribution in [2.45, 2.75) is 17.0 Å². The number of hydrogen-bond acceptors (Lipinski definition) is 7. The van der Waals surface area contributed by atoms with Crippen LogP contribution in [0.25, 0.3) is 11.3 Å². The lowest BCUT2D eigenvalue weighted by molar-refractivity contribution is -0.113. The van der Waals surface area contributed by atoms with Gasteiger partial charge in [-0.3, -0.25) is 13.9 Å². The van der Waals surface area contributed by atoms with E-state index < -0.39 is 10.0 Å². The molecular formula is C21H17ClN4O4S2. The first-order valence-corrected chi connectivity index (χ1v) is 12.2. The van der Waals surface area contributed by atoms with E-state index in [1.165, 1.54) is 20.2 Å². The number of rotatable bonds is 5. The fourth-order valence-corrected chi connectivity index (χ4v) is 5.26. The van der Waals surface area contributed by atoms with E-state index in [9.17, 15) is 18.0 Å². The normalized spacial score (nSPS) is 13.8. The Morgan fingerprint density at radius 1 is 1.19 bits per heavy atom. The summed E-state index contributed by atoms with van der Waals surface area (Å²) < 4.78 is 26.8. The van der Waals surface area contributed by atoms with Gasteiger partial charge in [-0.05, 0) is 37.3 Å². The molecule has 1 aliphatic rings. The predicted octanol–water partition coefficient (Wildman–Crippen LogP) is 3.87. The number of anilines is 2. The van der Waals surface area contributed by atoms with Crippen LogP contribution in [-0.2, 0) is 14.8 Å². The van der Waals surface area contributed by atoms with E-state index in [4.69, 9.17) is 11.6 Å². The van der Waals surface area contributed by atoms with Crippen molar-refractivity contribution in [1.82, 2.24) is 9.97 Å². The molecule has 32 heavy (non-hydrogen) atoms. The summed E-state index contributed by atoms with van der Waals surface area (Å²) in [5.74, 6) is -0.403. The Hall–Kier alpha value is -2.95. The molecule has 2 aromatic carbocycles. The smallest absolute Gasteiger partial charge is 0.267 e. The topological polar surface area (TPSA) is 109 Å². The number of amides is 1. The second kappa shape index (κ2) is 8.53. The predicted molar refractivity (Wildman–Crippen MR) is 124 cm³/mol. The Morgan fingerprint density at radius 2 is 1.97 bits per heavy atom. The highest BCUT2D eigenvalue weighted by molar-refractivity contribution is 7.99. The van der Waals surface area contributed by atoms with Crippen LogP contribution in [0.5, 0.6) is 0 Å². The zero-order valence-corrected chi connectivity index (χ0v) is 19.4. The van der Waals surface area contributed by atoms with Gasteiger partial charge in [0.25, 0.3) is 10.0 Å². The number of carbonyl (C=O) groups is 2. The molecule has 1 amide bonds. The maximum Gasteiger partial charge on any atom is 0.267 e. The minimum absolute atomic E-state index is 0.00319. The second-order valence-electron chi connectivity index (χ2n) is 6.97. The highest BCUT2D eigenvalue weighted by Gasteiger charge is 2.34. The van der Waals surface area contributed by atoms with E-state index in [1.54, 1.807) is 42.5 Å². The third kappa shape index (κ3) is 4.21. The molecule has 1 aliphatic heterocycles. The lowest BCUT2D eigenvalue weighted by Crippen LogP contribution is -2.31. The first-order chi connectivity index (χ1) is 15.2. The average Bonchev–Trinajstić information content (AvgIpc) is 2.76. The number of ketones is 1. The van der Waals surface area contributed by atoms with Crippen LogP contribution in [0, 0.1) is 0 Å². The van der Waals surface area contributed by atoms with Crippen LogP contribution in [0.1, 0.15) is 17.3 Å². The van der Waals surface area contributed by atoms with Crippen LogP contribution in [0.15, 0.2) is 58.7 Å². The van der Waals surface area contributed by atoms with Gasteiger partial charge < -0.3 is 5.32 Å². The summed E-state index contributed by atoms with van der Waals surface area (Å²) in [7, 11) is -2.37. The molecule has 0 spiro atoms. The molecule has 0 aliphatic carbocycles. The van der Waals surface area contributed by atoms with Gasteiger partial charge in [-0.2, -0.15) is 0 Å². The standard InChI is InChI=1S/C21H17ClN4O4S2/c1-12(27)13-4-3-5-15(8-13)24-19(28)11-31-21-23-10-18-20(25-21)16-7-6-14(22)9-17(16)26(2)32(18,29)30/h3-10H,11H2,1-2H3,(H,24,28). The van der Waals surface area contributed by atoms with Crippen molar-refractivity contribution in [2.24, 2.45) is 0 Å². The number of Topliss-reactive ketones (excluding diaryl/α,β-unsaturated/α-hetero) is 1. The first-order valence-electron chi connectivity index (χ1n) is 9.36. The van der Waals surface area contributed by atoms with E-state index >= 15 is 0 Å². The largest absolute Gasteiger partial charge is 0.325 e. The van der Waals surface area contributed by atoms with E-state index in [0.29, 0.717) is 27.5 Å². The third-order valence-electron chi connectivity index (χ3n) is 4.81. The molecule has 8 nitrogen and oxygen atoms in total. The van der Waals surface area contributed by atoms with Crippen LogP contribution in [-0.4, -0.2) is 42.9 Å². The first kappa shape index (κ1) is 22.3. The molecule has 0 bridgehead atoms. The Bertz CT molecular complexity index is 1360. The van der Waals surface area contributed by atoms with Crippen LogP contribution in [0.2, 0.25) is 5.02 Å². The van der Waals surface area contributed by atoms with Crippen molar-refractivity contribution in [1.29, 1.82) is 0 Å². The molecule has 1 aromatic heterocycles. The maximum absolute atomic E-state index is 12.8. The lowest BCUT2D eigenvalue weighted by atomic mass is 10.1.